The first-order valence-corrected chi connectivity index (χ1v) is 14.2. The lowest BCUT2D eigenvalue weighted by Gasteiger charge is -2.10. The van der Waals surface area contributed by atoms with Crippen LogP contribution in [0.5, 0.6) is 5.75 Å². The molecule has 8 nitrogen and oxygen atoms in total. The van der Waals surface area contributed by atoms with Gasteiger partial charge in [-0.15, -0.1) is 28.1 Å². The number of nitrogens with one attached hydrogen (secondary N) is 1. The molecule has 0 bridgehead atoms. The number of methoxy groups -OCH3 is 1. The van der Waals surface area contributed by atoms with Gasteiger partial charge in [0.05, 0.1) is 18.4 Å². The third kappa shape index (κ3) is 6.61. The summed E-state index contributed by atoms with van der Waals surface area (Å²) in [7, 11) is 1.37. The van der Waals surface area contributed by atoms with Gasteiger partial charge < -0.3 is 14.8 Å². The smallest absolute Gasteiger partial charge is 0.341 e. The summed E-state index contributed by atoms with van der Waals surface area (Å²) >= 11 is 2.77. The van der Waals surface area contributed by atoms with Crippen molar-refractivity contribution in [2.45, 2.75) is 63.8 Å². The van der Waals surface area contributed by atoms with Crippen molar-refractivity contribution in [1.82, 2.24) is 14.8 Å². The zero-order chi connectivity index (χ0) is 26.2. The molecule has 0 aliphatic heterocycles. The van der Waals surface area contributed by atoms with Gasteiger partial charge in [0.2, 0.25) is 5.91 Å². The van der Waals surface area contributed by atoms with Crippen molar-refractivity contribution in [1.29, 1.82) is 0 Å². The highest BCUT2D eigenvalue weighted by atomic mass is 32.2. The Bertz CT molecular complexity index is 1250. The molecule has 0 radical (unpaired) electrons. The van der Waals surface area contributed by atoms with E-state index < -0.39 is 5.97 Å². The zero-order valence-electron chi connectivity index (χ0n) is 21.2. The summed E-state index contributed by atoms with van der Waals surface area (Å²) in [5.41, 5.74) is 2.78. The van der Waals surface area contributed by atoms with E-state index in [0.29, 0.717) is 28.1 Å². The van der Waals surface area contributed by atoms with E-state index in [1.807, 2.05) is 28.8 Å². The second kappa shape index (κ2) is 12.9. The first kappa shape index (κ1) is 26.9. The lowest BCUT2D eigenvalue weighted by atomic mass is 10.1. The molecule has 2 heterocycles. The average molecular weight is 541 g/mol. The minimum atomic E-state index is -0.401. The predicted molar refractivity (Wildman–Crippen MR) is 147 cm³/mol. The lowest BCUT2D eigenvalue weighted by molar-refractivity contribution is -0.113. The zero-order valence-corrected chi connectivity index (χ0v) is 22.9. The molecule has 0 atom stereocenters. The Labute approximate surface area is 225 Å². The molecule has 0 fully saturated rings. The quantitative estimate of drug-likeness (QED) is 0.149. The number of ether oxygens (including phenoxy) is 2. The van der Waals surface area contributed by atoms with Gasteiger partial charge in [-0.1, -0.05) is 43.3 Å². The maximum atomic E-state index is 12.9. The minimum Gasteiger partial charge on any atom is -0.486 e. The number of esters is 1. The van der Waals surface area contributed by atoms with Crippen molar-refractivity contribution in [3.05, 3.63) is 64.3 Å². The van der Waals surface area contributed by atoms with Crippen LogP contribution in [0.3, 0.4) is 0 Å². The summed E-state index contributed by atoms with van der Waals surface area (Å²) in [5.74, 6) is 0.917. The van der Waals surface area contributed by atoms with Gasteiger partial charge in [-0.05, 0) is 55.4 Å². The van der Waals surface area contributed by atoms with Gasteiger partial charge in [-0.25, -0.2) is 4.79 Å². The molecule has 10 heteroatoms. The molecule has 1 aromatic carbocycles. The van der Waals surface area contributed by atoms with Crippen LogP contribution in [0.15, 0.2) is 42.1 Å². The number of rotatable bonds is 11. The number of hydrogen-bond acceptors (Lipinski definition) is 8. The Balaban J connectivity index is 1.41. The largest absolute Gasteiger partial charge is 0.486 e. The van der Waals surface area contributed by atoms with Crippen LogP contribution >= 0.6 is 23.1 Å². The Morgan fingerprint density at radius 3 is 2.70 bits per heavy atom. The average Bonchev–Trinajstić information content (AvgIpc) is 3.37. The van der Waals surface area contributed by atoms with Crippen LogP contribution < -0.4 is 10.1 Å². The number of aromatic nitrogens is 3. The number of anilines is 1. The number of thioether (sulfide) groups is 1. The van der Waals surface area contributed by atoms with E-state index >= 15 is 0 Å². The van der Waals surface area contributed by atoms with E-state index in [0.717, 1.165) is 49.8 Å². The first-order valence-electron chi connectivity index (χ1n) is 12.4. The monoisotopic (exact) mass is 540 g/mol. The van der Waals surface area contributed by atoms with Crippen molar-refractivity contribution in [3.63, 3.8) is 0 Å². The highest BCUT2D eigenvalue weighted by Crippen LogP contribution is 2.38. The summed E-state index contributed by atoms with van der Waals surface area (Å²) < 4.78 is 12.8. The van der Waals surface area contributed by atoms with Crippen LogP contribution in [-0.2, 0) is 41.9 Å². The number of amides is 1. The van der Waals surface area contributed by atoms with Crippen molar-refractivity contribution in [3.8, 4) is 5.75 Å². The summed E-state index contributed by atoms with van der Waals surface area (Å²) in [5, 5.41) is 12.7. The normalized spacial score (nSPS) is 12.9. The molecule has 1 amide bonds. The maximum absolute atomic E-state index is 12.9. The van der Waals surface area contributed by atoms with Crippen molar-refractivity contribution >= 4 is 40.0 Å². The van der Waals surface area contributed by atoms with Crippen LogP contribution in [-0.4, -0.2) is 39.5 Å². The Morgan fingerprint density at radius 1 is 1.19 bits per heavy atom. The van der Waals surface area contributed by atoms with Gasteiger partial charge in [0.25, 0.3) is 0 Å². The molecule has 1 aliphatic rings. The molecule has 4 rings (SSSR count). The van der Waals surface area contributed by atoms with E-state index in [-0.39, 0.29) is 18.3 Å². The van der Waals surface area contributed by atoms with Gasteiger partial charge in [0.15, 0.2) is 11.0 Å². The van der Waals surface area contributed by atoms with E-state index in [9.17, 15) is 9.59 Å². The minimum absolute atomic E-state index is 0.123. The second-order valence-corrected chi connectivity index (χ2v) is 10.7. The van der Waals surface area contributed by atoms with Crippen molar-refractivity contribution in [2.24, 2.45) is 0 Å². The third-order valence-electron chi connectivity index (χ3n) is 6.20. The number of fused-ring (bicyclic) bond motifs is 1. The molecule has 37 heavy (non-hydrogen) atoms. The molecular formula is C27H32N4O4S2. The molecular weight excluding hydrogens is 508 g/mol. The van der Waals surface area contributed by atoms with Crippen LogP contribution in [0.2, 0.25) is 0 Å². The first-order chi connectivity index (χ1) is 18.0. The van der Waals surface area contributed by atoms with Gasteiger partial charge in [-0.3, -0.25) is 9.36 Å². The Hall–Kier alpha value is -3.11. The fourth-order valence-electron chi connectivity index (χ4n) is 4.26. The molecule has 1 N–H and O–H groups in total. The molecule has 2 aromatic heterocycles. The number of aryl methyl sites for hydroxylation is 2. The lowest BCUT2D eigenvalue weighted by Crippen LogP contribution is -2.17. The number of benzene rings is 1. The molecule has 0 saturated heterocycles. The molecule has 3 aromatic rings. The fraction of sp³-hybridized carbons (Fsp3) is 0.407. The predicted octanol–water partition coefficient (Wildman–Crippen LogP) is 5.45. The molecule has 0 unspecified atom stereocenters. The highest BCUT2D eigenvalue weighted by Gasteiger charge is 2.26. The number of thiophene rings is 1. The van der Waals surface area contributed by atoms with E-state index in [1.54, 1.807) is 6.08 Å². The molecule has 1 aliphatic carbocycles. The standard InChI is InChI=1S/C27H32N4O4S2/c1-4-15-31-22(16-35-19-13-11-18(5-2)12-14-19)29-30-27(31)36-17-23(32)28-25-24(26(33)34-3)20-9-7-6-8-10-21(20)37-25/h4,11-14H,1,5-10,15-17H2,2-3H3,(H,28,32). The van der Waals surface area contributed by atoms with E-state index in [4.69, 9.17) is 9.47 Å². The molecule has 196 valence electrons. The number of nitrogens with zero attached hydrogens (tertiary/aromatic N) is 3. The maximum Gasteiger partial charge on any atom is 0.341 e. The van der Waals surface area contributed by atoms with Gasteiger partial charge in [0, 0.05) is 11.4 Å². The third-order valence-corrected chi connectivity index (χ3v) is 8.37. The second-order valence-electron chi connectivity index (χ2n) is 8.68. The van der Waals surface area contributed by atoms with Crippen molar-refractivity contribution < 1.29 is 19.1 Å². The highest BCUT2D eigenvalue weighted by molar-refractivity contribution is 7.99. The number of allylic oxidation sites excluding steroid dienone is 1. The number of carbonyl (C=O) groups excluding carboxylic acids is 2. The van der Waals surface area contributed by atoms with E-state index in [1.165, 1.54) is 40.6 Å². The van der Waals surface area contributed by atoms with Crippen LogP contribution in [0.1, 0.15) is 58.4 Å². The summed E-state index contributed by atoms with van der Waals surface area (Å²) in [6, 6.07) is 7.97. The van der Waals surface area contributed by atoms with Gasteiger partial charge in [-0.2, -0.15) is 0 Å². The molecule has 0 spiro atoms. The van der Waals surface area contributed by atoms with Gasteiger partial charge >= 0.3 is 5.97 Å². The van der Waals surface area contributed by atoms with Crippen LogP contribution in [0.4, 0.5) is 5.00 Å². The van der Waals surface area contributed by atoms with Crippen LogP contribution in [0, 0.1) is 0 Å². The SMILES string of the molecule is C=CCn1c(COc2ccc(CC)cc2)nnc1SCC(=O)Nc1sc2c(c1C(=O)OC)CCCCC2. The van der Waals surface area contributed by atoms with Gasteiger partial charge in [0.1, 0.15) is 17.4 Å². The number of hydrogen-bond donors (Lipinski definition) is 1. The van der Waals surface area contributed by atoms with Crippen molar-refractivity contribution in [2.75, 3.05) is 18.2 Å². The summed E-state index contributed by atoms with van der Waals surface area (Å²) in [6.45, 7) is 6.69. The topological polar surface area (TPSA) is 95.3 Å². The van der Waals surface area contributed by atoms with Crippen LogP contribution in [0.25, 0.3) is 0 Å². The van der Waals surface area contributed by atoms with E-state index in [2.05, 4.69) is 29.0 Å². The Morgan fingerprint density at radius 2 is 1.97 bits per heavy atom. The number of carbonyl (C=O) groups is 2. The summed E-state index contributed by atoms with van der Waals surface area (Å²) in [4.78, 5) is 26.6. The summed E-state index contributed by atoms with van der Waals surface area (Å²) in [6.07, 6.45) is 7.75. The fourth-order valence-corrected chi connectivity index (χ4v) is 6.32. The Kier molecular flexibility index (Phi) is 9.40. The molecule has 0 saturated carbocycles.